The van der Waals surface area contributed by atoms with Gasteiger partial charge in [-0.3, -0.25) is 4.79 Å². The average Bonchev–Trinajstić information content (AvgIpc) is 3.05. The molecule has 0 N–H and O–H groups in total. The zero-order valence-electron chi connectivity index (χ0n) is 12.1. The summed E-state index contributed by atoms with van der Waals surface area (Å²) in [5.74, 6) is 0.702. The Labute approximate surface area is 131 Å². The van der Waals surface area contributed by atoms with E-state index in [4.69, 9.17) is 4.74 Å². The topological polar surface area (TPSA) is 73.1 Å². The molecule has 0 unspecified atom stereocenters. The first kappa shape index (κ1) is 13.8. The van der Waals surface area contributed by atoms with E-state index in [0.29, 0.717) is 31.9 Å². The summed E-state index contributed by atoms with van der Waals surface area (Å²) in [5.41, 5.74) is 4.01. The lowest BCUT2D eigenvalue weighted by Crippen LogP contribution is -2.39. The van der Waals surface area contributed by atoms with Gasteiger partial charge >= 0.3 is 0 Å². The Bertz CT molecular complexity index is 665. The van der Waals surface area contributed by atoms with Crippen molar-refractivity contribution >= 4 is 17.2 Å². The van der Waals surface area contributed by atoms with Crippen LogP contribution in [0.2, 0.25) is 0 Å². The third kappa shape index (κ3) is 2.76. The lowest BCUT2D eigenvalue weighted by molar-refractivity contribution is 0.0694. The summed E-state index contributed by atoms with van der Waals surface area (Å²) in [7, 11) is 0. The number of amides is 1. The molecule has 4 rings (SSSR count). The van der Waals surface area contributed by atoms with Crippen LogP contribution in [0.3, 0.4) is 0 Å². The highest BCUT2D eigenvalue weighted by molar-refractivity contribution is 7.07. The standard InChI is InChI=1S/C14H17N5O2S/c20-14(12-8-22-9-15-12)18-3-4-19-13(5-18)11(16-17-19)7-21-6-10-1-2-10/h8-10H,1-7H2. The molecule has 116 valence electrons. The van der Waals surface area contributed by atoms with Gasteiger partial charge in [0, 0.05) is 18.5 Å². The van der Waals surface area contributed by atoms with Gasteiger partial charge in [-0.05, 0) is 18.8 Å². The van der Waals surface area contributed by atoms with Crippen molar-refractivity contribution < 1.29 is 9.53 Å². The maximum atomic E-state index is 12.4. The molecule has 0 bridgehead atoms. The Hall–Kier alpha value is -1.80. The molecule has 2 aromatic rings. The van der Waals surface area contributed by atoms with Crippen molar-refractivity contribution in [2.24, 2.45) is 5.92 Å². The van der Waals surface area contributed by atoms with Crippen LogP contribution in [0.4, 0.5) is 0 Å². The van der Waals surface area contributed by atoms with E-state index in [2.05, 4.69) is 15.3 Å². The van der Waals surface area contributed by atoms with E-state index < -0.39 is 0 Å². The van der Waals surface area contributed by atoms with Crippen molar-refractivity contribution in [3.05, 3.63) is 28.0 Å². The van der Waals surface area contributed by atoms with Crippen LogP contribution in [0.15, 0.2) is 10.9 Å². The molecule has 0 atom stereocenters. The minimum absolute atomic E-state index is 0.0291. The molecule has 8 heteroatoms. The minimum Gasteiger partial charge on any atom is -0.375 e. The Kier molecular flexibility index (Phi) is 3.63. The van der Waals surface area contributed by atoms with E-state index in [9.17, 15) is 4.79 Å². The van der Waals surface area contributed by atoms with Gasteiger partial charge in [0.2, 0.25) is 0 Å². The molecule has 1 aliphatic heterocycles. The van der Waals surface area contributed by atoms with E-state index >= 15 is 0 Å². The zero-order valence-corrected chi connectivity index (χ0v) is 13.0. The van der Waals surface area contributed by atoms with Crippen molar-refractivity contribution in [2.45, 2.75) is 32.5 Å². The molecular weight excluding hydrogens is 302 g/mol. The highest BCUT2D eigenvalue weighted by Gasteiger charge is 2.27. The van der Waals surface area contributed by atoms with Gasteiger partial charge in [-0.15, -0.1) is 16.4 Å². The summed E-state index contributed by atoms with van der Waals surface area (Å²) in [5, 5.41) is 10.2. The molecule has 1 aliphatic carbocycles. The molecule has 2 aliphatic rings. The molecule has 7 nitrogen and oxygen atoms in total. The summed E-state index contributed by atoms with van der Waals surface area (Å²) >= 11 is 1.43. The average molecular weight is 319 g/mol. The third-order valence-corrected chi connectivity index (χ3v) is 4.65. The molecule has 0 saturated heterocycles. The molecule has 3 heterocycles. The Morgan fingerprint density at radius 3 is 3.09 bits per heavy atom. The summed E-state index contributed by atoms with van der Waals surface area (Å²) < 4.78 is 7.58. The smallest absolute Gasteiger partial charge is 0.273 e. The molecule has 2 aromatic heterocycles. The number of fused-ring (bicyclic) bond motifs is 1. The van der Waals surface area contributed by atoms with Crippen LogP contribution in [0, 0.1) is 5.92 Å². The number of carbonyl (C=O) groups excluding carboxylic acids is 1. The molecule has 1 saturated carbocycles. The minimum atomic E-state index is -0.0291. The Balaban J connectivity index is 1.44. The van der Waals surface area contributed by atoms with E-state index in [1.54, 1.807) is 15.8 Å². The monoisotopic (exact) mass is 319 g/mol. The van der Waals surface area contributed by atoms with Crippen LogP contribution < -0.4 is 0 Å². The van der Waals surface area contributed by atoms with Gasteiger partial charge in [-0.2, -0.15) is 0 Å². The third-order valence-electron chi connectivity index (χ3n) is 4.07. The first-order valence-corrected chi connectivity index (χ1v) is 8.42. The largest absolute Gasteiger partial charge is 0.375 e. The molecule has 22 heavy (non-hydrogen) atoms. The maximum Gasteiger partial charge on any atom is 0.273 e. The van der Waals surface area contributed by atoms with Crippen molar-refractivity contribution in [2.75, 3.05) is 13.2 Å². The predicted octanol–water partition coefficient (Wildman–Crippen LogP) is 1.32. The Morgan fingerprint density at radius 1 is 1.41 bits per heavy atom. The van der Waals surface area contributed by atoms with E-state index in [-0.39, 0.29) is 5.91 Å². The van der Waals surface area contributed by atoms with Crippen LogP contribution >= 0.6 is 11.3 Å². The molecule has 0 radical (unpaired) electrons. The lowest BCUT2D eigenvalue weighted by Gasteiger charge is -2.27. The number of ether oxygens (including phenoxy) is 1. The molecule has 1 fully saturated rings. The highest BCUT2D eigenvalue weighted by atomic mass is 32.1. The quantitative estimate of drug-likeness (QED) is 0.831. The summed E-state index contributed by atoms with van der Waals surface area (Å²) in [4.78, 5) is 18.3. The van der Waals surface area contributed by atoms with Crippen molar-refractivity contribution in [3.63, 3.8) is 0 Å². The van der Waals surface area contributed by atoms with Gasteiger partial charge in [0.1, 0.15) is 11.4 Å². The normalized spacial score (nSPS) is 17.5. The maximum absolute atomic E-state index is 12.4. The first-order valence-electron chi connectivity index (χ1n) is 7.47. The lowest BCUT2D eigenvalue weighted by atomic mass is 10.2. The SMILES string of the molecule is O=C(c1cscn1)N1CCn2nnc(COCC3CC3)c2C1. The number of nitrogens with zero attached hydrogens (tertiary/aromatic N) is 5. The van der Waals surface area contributed by atoms with Crippen LogP contribution in [0.1, 0.15) is 34.7 Å². The molecular formula is C14H17N5O2S. The van der Waals surface area contributed by atoms with Crippen LogP contribution in [-0.4, -0.2) is 43.9 Å². The number of rotatable bonds is 5. The fraction of sp³-hybridized carbons (Fsp3) is 0.571. The predicted molar refractivity (Wildman–Crippen MR) is 79.3 cm³/mol. The van der Waals surface area contributed by atoms with Gasteiger partial charge < -0.3 is 9.64 Å². The Morgan fingerprint density at radius 2 is 2.32 bits per heavy atom. The number of thiazole rings is 1. The number of carbonyl (C=O) groups is 1. The first-order chi connectivity index (χ1) is 10.8. The van der Waals surface area contributed by atoms with Crippen LogP contribution in [0.5, 0.6) is 0 Å². The summed E-state index contributed by atoms with van der Waals surface area (Å²) in [6.07, 6.45) is 2.55. The molecule has 0 spiro atoms. The van der Waals surface area contributed by atoms with Crippen LogP contribution in [-0.2, 0) is 24.4 Å². The van der Waals surface area contributed by atoms with E-state index in [1.807, 2.05) is 4.68 Å². The summed E-state index contributed by atoms with van der Waals surface area (Å²) in [6.45, 7) is 3.10. The van der Waals surface area contributed by atoms with Gasteiger partial charge in [-0.25, -0.2) is 9.67 Å². The van der Waals surface area contributed by atoms with Crippen molar-refractivity contribution in [1.29, 1.82) is 0 Å². The molecule has 0 aromatic carbocycles. The number of aromatic nitrogens is 4. The number of hydrogen-bond donors (Lipinski definition) is 0. The van der Waals surface area contributed by atoms with E-state index in [1.165, 1.54) is 24.2 Å². The van der Waals surface area contributed by atoms with Gasteiger partial charge in [-0.1, -0.05) is 5.21 Å². The molecule has 1 amide bonds. The highest BCUT2D eigenvalue weighted by Crippen LogP contribution is 2.29. The fourth-order valence-corrected chi connectivity index (χ4v) is 3.09. The van der Waals surface area contributed by atoms with E-state index in [0.717, 1.165) is 23.9 Å². The van der Waals surface area contributed by atoms with Crippen molar-refractivity contribution in [1.82, 2.24) is 24.9 Å². The zero-order chi connectivity index (χ0) is 14.9. The van der Waals surface area contributed by atoms with Crippen LogP contribution in [0.25, 0.3) is 0 Å². The second kappa shape index (κ2) is 5.77. The second-order valence-electron chi connectivity index (χ2n) is 5.76. The van der Waals surface area contributed by atoms with Gasteiger partial charge in [0.05, 0.1) is 30.9 Å². The van der Waals surface area contributed by atoms with Gasteiger partial charge in [0.15, 0.2) is 0 Å². The van der Waals surface area contributed by atoms with Gasteiger partial charge in [0.25, 0.3) is 5.91 Å². The summed E-state index contributed by atoms with van der Waals surface area (Å²) in [6, 6.07) is 0. The van der Waals surface area contributed by atoms with Crippen molar-refractivity contribution in [3.8, 4) is 0 Å². The second-order valence-corrected chi connectivity index (χ2v) is 6.48. The fourth-order valence-electron chi connectivity index (χ4n) is 2.57. The number of hydrogen-bond acceptors (Lipinski definition) is 6.